The molecule has 1 atom stereocenters. The maximum absolute atomic E-state index is 13.1. The largest absolute Gasteiger partial charge is 0.385 e. The van der Waals surface area contributed by atoms with E-state index in [1.54, 1.807) is 19.1 Å². The zero-order valence-corrected chi connectivity index (χ0v) is 9.45. The third-order valence-corrected chi connectivity index (χ3v) is 3.43. The summed E-state index contributed by atoms with van der Waals surface area (Å²) < 4.78 is 18.4. The number of benzene rings is 1. The molecule has 1 aromatic rings. The zero-order valence-electron chi connectivity index (χ0n) is 9.45. The number of ether oxygens (including phenoxy) is 1. The third kappa shape index (κ3) is 2.25. The molecule has 1 aliphatic rings. The number of hydrogen-bond donors (Lipinski definition) is 1. The molecule has 0 spiro atoms. The molecule has 0 aromatic heterocycles. The summed E-state index contributed by atoms with van der Waals surface area (Å²) in [6, 6.07) is 6.22. The Hall–Kier alpha value is -0.930. The van der Waals surface area contributed by atoms with E-state index >= 15 is 0 Å². The summed E-state index contributed by atoms with van der Waals surface area (Å²) in [5, 5.41) is 10.5. The standard InChI is InChI=1S/C13H17FO2/c1-13(15,10-5-7-16-8-6-10)11-3-2-4-12(14)9-11/h2-4,9-10,15H,5-8H2,1H3. The van der Waals surface area contributed by atoms with Crippen molar-refractivity contribution in [3.8, 4) is 0 Å². The fourth-order valence-electron chi connectivity index (χ4n) is 2.30. The van der Waals surface area contributed by atoms with Crippen LogP contribution in [0.15, 0.2) is 24.3 Å². The minimum absolute atomic E-state index is 0.142. The van der Waals surface area contributed by atoms with Crippen molar-refractivity contribution in [2.45, 2.75) is 25.4 Å². The zero-order chi connectivity index (χ0) is 11.6. The van der Waals surface area contributed by atoms with Crippen LogP contribution in [0.3, 0.4) is 0 Å². The summed E-state index contributed by atoms with van der Waals surface area (Å²) in [7, 11) is 0. The number of rotatable bonds is 2. The molecule has 0 aliphatic carbocycles. The maximum atomic E-state index is 13.1. The quantitative estimate of drug-likeness (QED) is 0.836. The molecule has 16 heavy (non-hydrogen) atoms. The lowest BCUT2D eigenvalue weighted by atomic mass is 9.78. The first-order chi connectivity index (χ1) is 7.60. The molecule has 1 aliphatic heterocycles. The average Bonchev–Trinajstić information content (AvgIpc) is 2.30. The Morgan fingerprint density at radius 1 is 1.38 bits per heavy atom. The Morgan fingerprint density at radius 2 is 2.06 bits per heavy atom. The summed E-state index contributed by atoms with van der Waals surface area (Å²) in [5.74, 6) is -0.159. The fraction of sp³-hybridized carbons (Fsp3) is 0.538. The van der Waals surface area contributed by atoms with Gasteiger partial charge in [0.05, 0.1) is 5.60 Å². The molecule has 0 radical (unpaired) electrons. The van der Waals surface area contributed by atoms with Gasteiger partial charge in [0.2, 0.25) is 0 Å². The first-order valence-electron chi connectivity index (χ1n) is 5.67. The lowest BCUT2D eigenvalue weighted by molar-refractivity contribution is -0.0581. The van der Waals surface area contributed by atoms with Crippen molar-refractivity contribution in [2.24, 2.45) is 5.92 Å². The summed E-state index contributed by atoms with van der Waals surface area (Å²) in [6.45, 7) is 3.12. The van der Waals surface area contributed by atoms with Crippen LogP contribution in [0.5, 0.6) is 0 Å². The van der Waals surface area contributed by atoms with E-state index in [0.717, 1.165) is 12.8 Å². The number of aliphatic hydroxyl groups is 1. The van der Waals surface area contributed by atoms with Crippen LogP contribution in [-0.4, -0.2) is 18.3 Å². The SMILES string of the molecule is CC(O)(c1cccc(F)c1)C1CCOCC1. The van der Waals surface area contributed by atoms with Gasteiger partial charge in [0.1, 0.15) is 5.82 Å². The van der Waals surface area contributed by atoms with E-state index in [2.05, 4.69) is 0 Å². The minimum atomic E-state index is -0.966. The maximum Gasteiger partial charge on any atom is 0.123 e. The lowest BCUT2D eigenvalue weighted by Crippen LogP contribution is -2.35. The number of halogens is 1. The molecule has 1 N–H and O–H groups in total. The van der Waals surface area contributed by atoms with Crippen molar-refractivity contribution < 1.29 is 14.2 Å². The Kier molecular flexibility index (Phi) is 3.26. The van der Waals surface area contributed by atoms with Crippen LogP contribution in [0, 0.1) is 11.7 Å². The number of hydrogen-bond acceptors (Lipinski definition) is 2. The van der Waals surface area contributed by atoms with Gasteiger partial charge in [0.15, 0.2) is 0 Å². The van der Waals surface area contributed by atoms with Gasteiger partial charge in [-0.25, -0.2) is 4.39 Å². The second-order valence-electron chi connectivity index (χ2n) is 4.54. The van der Waals surface area contributed by atoms with Crippen molar-refractivity contribution >= 4 is 0 Å². The van der Waals surface area contributed by atoms with Gasteiger partial charge >= 0.3 is 0 Å². The van der Waals surface area contributed by atoms with E-state index < -0.39 is 5.60 Å². The van der Waals surface area contributed by atoms with Crippen molar-refractivity contribution in [3.05, 3.63) is 35.6 Å². The molecule has 1 saturated heterocycles. The molecule has 2 nitrogen and oxygen atoms in total. The van der Waals surface area contributed by atoms with Crippen LogP contribution in [-0.2, 0) is 10.3 Å². The fourth-order valence-corrected chi connectivity index (χ4v) is 2.30. The van der Waals surface area contributed by atoms with Crippen molar-refractivity contribution in [2.75, 3.05) is 13.2 Å². The van der Waals surface area contributed by atoms with Crippen molar-refractivity contribution in [3.63, 3.8) is 0 Å². The van der Waals surface area contributed by atoms with Gasteiger partial charge in [-0.15, -0.1) is 0 Å². The molecule has 0 saturated carbocycles. The highest BCUT2D eigenvalue weighted by atomic mass is 19.1. The van der Waals surface area contributed by atoms with Crippen LogP contribution in [0.1, 0.15) is 25.3 Å². The summed E-state index contributed by atoms with van der Waals surface area (Å²) in [5.41, 5.74) is -0.314. The Bertz CT molecular complexity index is 357. The molecule has 1 heterocycles. The smallest absolute Gasteiger partial charge is 0.123 e. The predicted octanol–water partition coefficient (Wildman–Crippen LogP) is 2.46. The predicted molar refractivity (Wildman–Crippen MR) is 59.5 cm³/mol. The van der Waals surface area contributed by atoms with E-state index in [-0.39, 0.29) is 11.7 Å². The van der Waals surface area contributed by atoms with E-state index in [1.807, 2.05) is 0 Å². The first kappa shape index (κ1) is 11.6. The van der Waals surface area contributed by atoms with Crippen LogP contribution >= 0.6 is 0 Å². The molecule has 1 aromatic carbocycles. The van der Waals surface area contributed by atoms with Crippen molar-refractivity contribution in [1.82, 2.24) is 0 Å². The van der Waals surface area contributed by atoms with E-state index in [1.165, 1.54) is 12.1 Å². The normalized spacial score (nSPS) is 21.7. The Labute approximate surface area is 95.1 Å². The van der Waals surface area contributed by atoms with Gasteiger partial charge < -0.3 is 9.84 Å². The molecule has 0 amide bonds. The topological polar surface area (TPSA) is 29.5 Å². The monoisotopic (exact) mass is 224 g/mol. The van der Waals surface area contributed by atoms with E-state index in [4.69, 9.17) is 4.74 Å². The molecule has 3 heteroatoms. The highest BCUT2D eigenvalue weighted by molar-refractivity contribution is 5.23. The summed E-state index contributed by atoms with van der Waals surface area (Å²) >= 11 is 0. The van der Waals surface area contributed by atoms with Gasteiger partial charge in [-0.05, 0) is 43.4 Å². The van der Waals surface area contributed by atoms with Crippen LogP contribution in [0.4, 0.5) is 4.39 Å². The first-order valence-corrected chi connectivity index (χ1v) is 5.67. The van der Waals surface area contributed by atoms with Gasteiger partial charge in [-0.2, -0.15) is 0 Å². The average molecular weight is 224 g/mol. The van der Waals surface area contributed by atoms with Crippen molar-refractivity contribution in [1.29, 1.82) is 0 Å². The lowest BCUT2D eigenvalue weighted by Gasteiger charge is -2.35. The second-order valence-corrected chi connectivity index (χ2v) is 4.54. The highest BCUT2D eigenvalue weighted by Crippen LogP contribution is 2.35. The van der Waals surface area contributed by atoms with E-state index in [0.29, 0.717) is 18.8 Å². The van der Waals surface area contributed by atoms with Gasteiger partial charge in [0.25, 0.3) is 0 Å². The molecular weight excluding hydrogens is 207 g/mol. The Morgan fingerprint density at radius 3 is 2.69 bits per heavy atom. The molecule has 2 rings (SSSR count). The minimum Gasteiger partial charge on any atom is -0.385 e. The molecule has 1 unspecified atom stereocenters. The van der Waals surface area contributed by atoms with Gasteiger partial charge in [-0.1, -0.05) is 12.1 Å². The second kappa shape index (κ2) is 4.52. The third-order valence-electron chi connectivity index (χ3n) is 3.43. The van der Waals surface area contributed by atoms with E-state index in [9.17, 15) is 9.50 Å². The Balaban J connectivity index is 2.22. The molecule has 1 fully saturated rings. The summed E-state index contributed by atoms with van der Waals surface area (Å²) in [6.07, 6.45) is 1.65. The van der Waals surface area contributed by atoms with Crippen LogP contribution in [0.2, 0.25) is 0 Å². The van der Waals surface area contributed by atoms with Crippen LogP contribution in [0.25, 0.3) is 0 Å². The highest BCUT2D eigenvalue weighted by Gasteiger charge is 2.34. The molecule has 88 valence electrons. The van der Waals surface area contributed by atoms with Gasteiger partial charge in [-0.3, -0.25) is 0 Å². The van der Waals surface area contributed by atoms with Gasteiger partial charge in [0, 0.05) is 13.2 Å². The molecular formula is C13H17FO2. The summed E-state index contributed by atoms with van der Waals surface area (Å²) in [4.78, 5) is 0. The van der Waals surface area contributed by atoms with Crippen LogP contribution < -0.4 is 0 Å². The molecule has 0 bridgehead atoms.